The summed E-state index contributed by atoms with van der Waals surface area (Å²) >= 11 is 9.20. The number of anilines is 1. The first-order valence-electron chi connectivity index (χ1n) is 15.1. The summed E-state index contributed by atoms with van der Waals surface area (Å²) in [6, 6.07) is 13.1. The van der Waals surface area contributed by atoms with Gasteiger partial charge in [0.2, 0.25) is 11.5 Å². The van der Waals surface area contributed by atoms with Crippen molar-refractivity contribution in [2.75, 3.05) is 18.9 Å². The molecule has 240 valence electrons. The number of aliphatic hydroxyl groups is 1. The van der Waals surface area contributed by atoms with Gasteiger partial charge in [0.05, 0.1) is 27.1 Å². The van der Waals surface area contributed by atoms with Gasteiger partial charge in [-0.2, -0.15) is 0 Å². The SMILES string of the molecule is CN(CCC(=O)Nc1ccc(CO[Si](C)(C)C(C)(C)C)cc1Cl)[C@H]1CC[C@H](OC(=O)C(O)(c2cccs2)c2cccs2)CC1. The minimum Gasteiger partial charge on any atom is -0.460 e. The zero-order chi connectivity index (χ0) is 32.1. The second kappa shape index (κ2) is 14.6. The van der Waals surface area contributed by atoms with Crippen LogP contribution in [0, 0.1) is 0 Å². The second-order valence-corrected chi connectivity index (χ2v) is 20.3. The molecule has 0 radical (unpaired) electrons. The van der Waals surface area contributed by atoms with E-state index in [0.29, 0.717) is 52.9 Å². The molecule has 44 heavy (non-hydrogen) atoms. The average Bonchev–Trinajstić information content (AvgIpc) is 3.71. The maximum atomic E-state index is 13.3. The number of halogens is 1. The number of thiophene rings is 2. The topological polar surface area (TPSA) is 88.1 Å². The molecular formula is C33H45ClN2O5S2Si. The summed E-state index contributed by atoms with van der Waals surface area (Å²) in [5, 5.41) is 18.8. The molecule has 2 heterocycles. The van der Waals surface area contributed by atoms with Gasteiger partial charge in [-0.25, -0.2) is 4.79 Å². The van der Waals surface area contributed by atoms with E-state index < -0.39 is 19.9 Å². The predicted molar refractivity (Wildman–Crippen MR) is 183 cm³/mol. The Bertz CT molecular complexity index is 1350. The fourth-order valence-corrected chi connectivity index (χ4v) is 7.96. The highest BCUT2D eigenvalue weighted by molar-refractivity contribution is 7.12. The molecule has 1 aliphatic rings. The van der Waals surface area contributed by atoms with Gasteiger partial charge < -0.3 is 24.5 Å². The molecule has 0 unspecified atom stereocenters. The van der Waals surface area contributed by atoms with Crippen LogP contribution in [0.1, 0.15) is 68.2 Å². The number of carbonyl (C=O) groups excluding carboxylic acids is 2. The van der Waals surface area contributed by atoms with Crippen molar-refractivity contribution in [2.24, 2.45) is 0 Å². The van der Waals surface area contributed by atoms with Crippen molar-refractivity contribution >= 4 is 60.2 Å². The number of ether oxygens (including phenoxy) is 1. The molecular weight excluding hydrogens is 632 g/mol. The van der Waals surface area contributed by atoms with Gasteiger partial charge in [0.15, 0.2) is 8.32 Å². The fourth-order valence-electron chi connectivity index (χ4n) is 5.04. The summed E-state index contributed by atoms with van der Waals surface area (Å²) in [5.74, 6) is -0.709. The summed E-state index contributed by atoms with van der Waals surface area (Å²) in [4.78, 5) is 29.4. The van der Waals surface area contributed by atoms with Crippen LogP contribution in [0.25, 0.3) is 0 Å². The Kier molecular flexibility index (Phi) is 11.5. The number of hydrogen-bond donors (Lipinski definition) is 2. The van der Waals surface area contributed by atoms with E-state index in [-0.39, 0.29) is 23.1 Å². The normalized spacial score (nSPS) is 17.9. The predicted octanol–water partition coefficient (Wildman–Crippen LogP) is 8.04. The summed E-state index contributed by atoms with van der Waals surface area (Å²) in [6.45, 7) is 12.2. The van der Waals surface area contributed by atoms with E-state index >= 15 is 0 Å². The minimum atomic E-state index is -1.87. The van der Waals surface area contributed by atoms with Crippen molar-refractivity contribution in [3.63, 3.8) is 0 Å². The molecule has 4 rings (SSSR count). The maximum absolute atomic E-state index is 13.3. The molecule has 7 nitrogen and oxygen atoms in total. The van der Waals surface area contributed by atoms with E-state index in [1.807, 2.05) is 48.1 Å². The van der Waals surface area contributed by atoms with Crippen LogP contribution in [0.5, 0.6) is 0 Å². The summed E-state index contributed by atoms with van der Waals surface area (Å²) in [7, 11) is 0.159. The van der Waals surface area contributed by atoms with Gasteiger partial charge in [-0.05, 0) is 91.5 Å². The maximum Gasteiger partial charge on any atom is 0.349 e. The van der Waals surface area contributed by atoms with E-state index in [0.717, 1.165) is 18.4 Å². The lowest BCUT2D eigenvalue weighted by molar-refractivity contribution is -0.169. The van der Waals surface area contributed by atoms with E-state index in [2.05, 4.69) is 44.1 Å². The number of carbonyl (C=O) groups is 2. The molecule has 11 heteroatoms. The van der Waals surface area contributed by atoms with Crippen LogP contribution in [-0.4, -0.2) is 55.9 Å². The van der Waals surface area contributed by atoms with Gasteiger partial charge in [-0.1, -0.05) is 50.6 Å². The smallest absolute Gasteiger partial charge is 0.349 e. The van der Waals surface area contributed by atoms with Crippen LogP contribution >= 0.6 is 34.3 Å². The molecule has 0 bridgehead atoms. The van der Waals surface area contributed by atoms with Gasteiger partial charge in [0.25, 0.3) is 0 Å². The highest BCUT2D eigenvalue weighted by Crippen LogP contribution is 2.39. The Morgan fingerprint density at radius 2 is 1.66 bits per heavy atom. The van der Waals surface area contributed by atoms with Crippen molar-refractivity contribution in [1.82, 2.24) is 4.90 Å². The standard InChI is InChI=1S/C33H45ClN2O5S2Si/c1-32(2,3)44(5,6)40-22-23-11-16-27(26(34)21-23)35-30(37)17-18-36(4)24-12-14-25(15-13-24)41-31(38)33(39,28-9-7-19-42-28)29-10-8-20-43-29/h7-11,16,19-21,24-25,39H,12-15,17-18,22H2,1-6H3,(H,35,37)/t24-,25-. The lowest BCUT2D eigenvalue weighted by atomic mass is 9.91. The molecule has 1 amide bonds. The number of esters is 1. The van der Waals surface area contributed by atoms with Gasteiger partial charge in [0, 0.05) is 19.0 Å². The number of hydrogen-bond acceptors (Lipinski definition) is 8. The molecule has 1 saturated carbocycles. The molecule has 1 fully saturated rings. The number of nitrogens with one attached hydrogen (secondary N) is 1. The van der Waals surface area contributed by atoms with Crippen molar-refractivity contribution in [2.45, 2.75) is 95.4 Å². The molecule has 0 spiro atoms. The van der Waals surface area contributed by atoms with Gasteiger partial charge >= 0.3 is 5.97 Å². The van der Waals surface area contributed by atoms with Crippen LogP contribution in [0.15, 0.2) is 53.2 Å². The average molecular weight is 677 g/mol. The number of benzene rings is 1. The molecule has 0 atom stereocenters. The molecule has 2 aromatic heterocycles. The van der Waals surface area contributed by atoms with Crippen LogP contribution < -0.4 is 5.32 Å². The van der Waals surface area contributed by atoms with E-state index in [4.69, 9.17) is 20.8 Å². The number of nitrogens with zero attached hydrogens (tertiary/aromatic N) is 1. The van der Waals surface area contributed by atoms with Gasteiger partial charge in [0.1, 0.15) is 6.10 Å². The van der Waals surface area contributed by atoms with Crippen molar-refractivity contribution in [3.05, 3.63) is 73.6 Å². The quantitative estimate of drug-likeness (QED) is 0.149. The molecule has 0 saturated heterocycles. The zero-order valence-corrected chi connectivity index (χ0v) is 29.9. The highest BCUT2D eigenvalue weighted by Gasteiger charge is 2.45. The first-order chi connectivity index (χ1) is 20.7. The second-order valence-electron chi connectivity index (χ2n) is 13.1. The summed E-state index contributed by atoms with van der Waals surface area (Å²) in [6.07, 6.45) is 3.19. The minimum absolute atomic E-state index is 0.0897. The lowest BCUT2D eigenvalue weighted by Gasteiger charge is -2.36. The molecule has 1 aromatic carbocycles. The third-order valence-electron chi connectivity index (χ3n) is 9.00. The first kappa shape index (κ1) is 34.8. The number of amides is 1. The number of rotatable bonds is 12. The zero-order valence-electron chi connectivity index (χ0n) is 26.5. The molecule has 0 aliphatic heterocycles. The van der Waals surface area contributed by atoms with Gasteiger partial charge in [-0.15, -0.1) is 22.7 Å². The Labute approximate surface area is 275 Å². The first-order valence-corrected chi connectivity index (χ1v) is 20.2. The molecule has 3 aromatic rings. The summed E-state index contributed by atoms with van der Waals surface area (Å²) < 4.78 is 12.2. The van der Waals surface area contributed by atoms with Crippen molar-refractivity contribution in [3.8, 4) is 0 Å². The third-order valence-corrected chi connectivity index (χ3v) is 15.7. The van der Waals surface area contributed by atoms with E-state index in [1.165, 1.54) is 22.7 Å². The molecule has 1 aliphatic carbocycles. The van der Waals surface area contributed by atoms with E-state index in [1.54, 1.807) is 12.1 Å². The Morgan fingerprint density at radius 3 is 2.18 bits per heavy atom. The van der Waals surface area contributed by atoms with Crippen LogP contribution in [0.3, 0.4) is 0 Å². The summed E-state index contributed by atoms with van der Waals surface area (Å²) in [5.41, 5.74) is -0.199. The largest absolute Gasteiger partial charge is 0.460 e. The Hall–Kier alpha value is -2.05. The Balaban J connectivity index is 1.22. The van der Waals surface area contributed by atoms with Crippen molar-refractivity contribution in [1.29, 1.82) is 0 Å². The third kappa shape index (κ3) is 8.40. The monoisotopic (exact) mass is 676 g/mol. The van der Waals surface area contributed by atoms with E-state index in [9.17, 15) is 14.7 Å². The van der Waals surface area contributed by atoms with Crippen LogP contribution in [-0.2, 0) is 31.0 Å². The van der Waals surface area contributed by atoms with Crippen LogP contribution in [0.4, 0.5) is 5.69 Å². The lowest BCUT2D eigenvalue weighted by Crippen LogP contribution is -2.42. The van der Waals surface area contributed by atoms with Crippen LogP contribution in [0.2, 0.25) is 23.2 Å². The molecule has 2 N–H and O–H groups in total. The highest BCUT2D eigenvalue weighted by atomic mass is 35.5. The Morgan fingerprint density at radius 1 is 1.05 bits per heavy atom. The van der Waals surface area contributed by atoms with Gasteiger partial charge in [-0.3, -0.25) is 4.79 Å². The van der Waals surface area contributed by atoms with Crippen molar-refractivity contribution < 1.29 is 23.9 Å². The fraction of sp³-hybridized carbons (Fsp3) is 0.515.